The summed E-state index contributed by atoms with van der Waals surface area (Å²) in [6.07, 6.45) is 4.57. The quantitative estimate of drug-likeness (QED) is 0.202. The molecule has 8 heteroatoms. The van der Waals surface area contributed by atoms with Crippen molar-refractivity contribution in [3.63, 3.8) is 0 Å². The minimum Gasteiger partial charge on any atom is -0.437 e. The third kappa shape index (κ3) is 11.1. The van der Waals surface area contributed by atoms with Crippen LogP contribution < -0.4 is 5.32 Å². The van der Waals surface area contributed by atoms with Gasteiger partial charge in [0.05, 0.1) is 13.2 Å². The zero-order chi connectivity index (χ0) is 23.7. The lowest BCUT2D eigenvalue weighted by atomic mass is 10.2. The molecular weight excluding hydrogens is 424 g/mol. The predicted molar refractivity (Wildman–Crippen MR) is 124 cm³/mol. The first-order chi connectivity index (χ1) is 16.1. The fourth-order valence-electron chi connectivity index (χ4n) is 2.46. The molecule has 2 aromatic carbocycles. The molecule has 176 valence electrons. The second-order valence-electron chi connectivity index (χ2n) is 7.05. The summed E-state index contributed by atoms with van der Waals surface area (Å²) in [5.74, 6) is -0.940. The van der Waals surface area contributed by atoms with Gasteiger partial charge in [-0.2, -0.15) is 0 Å². The van der Waals surface area contributed by atoms with E-state index >= 15 is 0 Å². The summed E-state index contributed by atoms with van der Waals surface area (Å²) in [5, 5.41) is 2.86. The Bertz CT molecular complexity index is 886. The second kappa shape index (κ2) is 15.3. The van der Waals surface area contributed by atoms with Crippen molar-refractivity contribution in [1.29, 1.82) is 0 Å². The van der Waals surface area contributed by atoms with Crippen molar-refractivity contribution in [2.45, 2.75) is 39.1 Å². The van der Waals surface area contributed by atoms with Crippen molar-refractivity contribution in [2.75, 3.05) is 13.6 Å². The van der Waals surface area contributed by atoms with Gasteiger partial charge in [-0.15, -0.1) is 0 Å². The van der Waals surface area contributed by atoms with Crippen LogP contribution in [0.15, 0.2) is 77.9 Å². The summed E-state index contributed by atoms with van der Waals surface area (Å²) < 4.78 is 20.7. The molecule has 8 nitrogen and oxygen atoms in total. The Balaban J connectivity index is 1.55. The molecule has 0 heterocycles. The Morgan fingerprint density at radius 2 is 1.36 bits per heavy atom. The van der Waals surface area contributed by atoms with E-state index in [2.05, 4.69) is 10.3 Å². The Labute approximate surface area is 194 Å². The molecule has 0 saturated heterocycles. The van der Waals surface area contributed by atoms with Crippen molar-refractivity contribution in [2.24, 2.45) is 4.99 Å². The Morgan fingerprint density at radius 3 is 1.91 bits per heavy atom. The summed E-state index contributed by atoms with van der Waals surface area (Å²) in [4.78, 5) is 27.9. The zero-order valence-electron chi connectivity index (χ0n) is 18.9. The molecule has 0 aromatic heterocycles. The van der Waals surface area contributed by atoms with Gasteiger partial charge in [0.1, 0.15) is 12.1 Å². The molecule has 0 aliphatic heterocycles. The summed E-state index contributed by atoms with van der Waals surface area (Å²) >= 11 is 0. The number of carbonyl (C=O) groups is 2. The molecule has 0 fully saturated rings. The van der Waals surface area contributed by atoms with Crippen LogP contribution in [0.2, 0.25) is 0 Å². The number of esters is 2. The van der Waals surface area contributed by atoms with Gasteiger partial charge in [0.15, 0.2) is 13.6 Å². The first-order valence-electron chi connectivity index (χ1n) is 10.6. The molecule has 0 bridgehead atoms. The molecule has 1 N–H and O–H groups in total. The molecular formula is C25H30N2O6. The number of rotatable bonds is 14. The molecule has 0 aliphatic rings. The number of aliphatic imine (C=N–C) groups is 1. The van der Waals surface area contributed by atoms with Crippen LogP contribution in [0.4, 0.5) is 0 Å². The average Bonchev–Trinajstić information content (AvgIpc) is 2.85. The molecule has 2 atom stereocenters. The van der Waals surface area contributed by atoms with Gasteiger partial charge in [0.2, 0.25) is 0 Å². The van der Waals surface area contributed by atoms with Crippen LogP contribution in [0.3, 0.4) is 0 Å². The number of nitrogens with one attached hydrogen (secondary N) is 1. The fourth-order valence-corrected chi connectivity index (χ4v) is 2.46. The Hall–Kier alpha value is -3.49. The van der Waals surface area contributed by atoms with E-state index in [9.17, 15) is 9.59 Å². The van der Waals surface area contributed by atoms with Crippen molar-refractivity contribution >= 4 is 18.2 Å². The van der Waals surface area contributed by atoms with Crippen molar-refractivity contribution in [3.8, 4) is 0 Å². The van der Waals surface area contributed by atoms with Gasteiger partial charge in [0.25, 0.3) is 0 Å². The lowest BCUT2D eigenvalue weighted by Gasteiger charge is -2.11. The fraction of sp³-hybridized carbons (Fsp3) is 0.320. The number of carbonyl (C=O) groups excluding carboxylic acids is 2. The van der Waals surface area contributed by atoms with Gasteiger partial charge in [-0.3, -0.25) is 4.99 Å². The molecule has 0 amide bonds. The van der Waals surface area contributed by atoms with Crippen LogP contribution >= 0.6 is 0 Å². The number of nitrogens with zero attached hydrogens (tertiary/aromatic N) is 1. The first-order valence-corrected chi connectivity index (χ1v) is 10.6. The first kappa shape index (κ1) is 25.8. The van der Waals surface area contributed by atoms with Gasteiger partial charge >= 0.3 is 11.9 Å². The predicted octanol–water partition coefficient (Wildman–Crippen LogP) is 3.37. The molecule has 0 spiro atoms. The number of ether oxygens (including phenoxy) is 4. The number of hydrogen-bond donors (Lipinski definition) is 1. The highest BCUT2D eigenvalue weighted by atomic mass is 16.7. The Morgan fingerprint density at radius 1 is 0.848 bits per heavy atom. The van der Waals surface area contributed by atoms with E-state index in [1.165, 1.54) is 6.21 Å². The van der Waals surface area contributed by atoms with Gasteiger partial charge in [-0.25, -0.2) is 9.59 Å². The standard InChI is InChI=1S/C25H30N2O6/c1-20(24(28)32-18-30-16-22-10-5-3-6-11-22)26-14-9-15-27-21(2)25(29)33-19-31-17-23-12-7-4-8-13-23/h3-15,20-21,26H,16-19H2,1-2H3/b14-9+,27-15?/t20-,21-/m0/s1. The van der Waals surface area contributed by atoms with Crippen LogP contribution in [0.1, 0.15) is 25.0 Å². The molecule has 0 aliphatic carbocycles. The summed E-state index contributed by atoms with van der Waals surface area (Å²) in [6, 6.07) is 18.0. The highest BCUT2D eigenvalue weighted by molar-refractivity contribution is 5.80. The van der Waals surface area contributed by atoms with Crippen molar-refractivity contribution in [3.05, 3.63) is 84.1 Å². The SMILES string of the molecule is C[C@H](N=C/C=C/N[C@@H](C)C(=O)OCOCc1ccccc1)C(=O)OCOCc1ccccc1. The van der Waals surface area contributed by atoms with Crippen molar-refractivity contribution < 1.29 is 28.5 Å². The van der Waals surface area contributed by atoms with Crippen LogP contribution in [0, 0.1) is 0 Å². The Kier molecular flexibility index (Phi) is 12.0. The number of hydrogen-bond acceptors (Lipinski definition) is 8. The molecule has 0 saturated carbocycles. The molecule has 2 rings (SSSR count). The van der Waals surface area contributed by atoms with E-state index in [0.29, 0.717) is 13.2 Å². The van der Waals surface area contributed by atoms with Crippen LogP contribution in [-0.2, 0) is 41.8 Å². The number of allylic oxidation sites excluding steroid dienone is 1. The smallest absolute Gasteiger partial charge is 0.332 e. The molecule has 0 radical (unpaired) electrons. The van der Waals surface area contributed by atoms with Crippen molar-refractivity contribution in [1.82, 2.24) is 5.32 Å². The molecule has 2 aromatic rings. The van der Waals surface area contributed by atoms with E-state index in [1.807, 2.05) is 60.7 Å². The lowest BCUT2D eigenvalue weighted by molar-refractivity contribution is -0.159. The summed E-state index contributed by atoms with van der Waals surface area (Å²) in [6.45, 7) is 3.74. The maximum absolute atomic E-state index is 11.9. The summed E-state index contributed by atoms with van der Waals surface area (Å²) in [7, 11) is 0. The molecule has 33 heavy (non-hydrogen) atoms. The largest absolute Gasteiger partial charge is 0.437 e. The van der Waals surface area contributed by atoms with Gasteiger partial charge in [-0.1, -0.05) is 60.7 Å². The van der Waals surface area contributed by atoms with Crippen LogP contribution in [0.25, 0.3) is 0 Å². The highest BCUT2D eigenvalue weighted by Crippen LogP contribution is 2.02. The van der Waals surface area contributed by atoms with E-state index in [4.69, 9.17) is 18.9 Å². The average molecular weight is 455 g/mol. The van der Waals surface area contributed by atoms with Crippen LogP contribution in [-0.4, -0.2) is 43.8 Å². The lowest BCUT2D eigenvalue weighted by Crippen LogP contribution is -2.32. The highest BCUT2D eigenvalue weighted by Gasteiger charge is 2.13. The van der Waals surface area contributed by atoms with E-state index in [-0.39, 0.29) is 13.6 Å². The second-order valence-corrected chi connectivity index (χ2v) is 7.05. The minimum absolute atomic E-state index is 0.125. The number of benzene rings is 2. The minimum atomic E-state index is -0.681. The third-order valence-corrected chi connectivity index (χ3v) is 4.32. The third-order valence-electron chi connectivity index (χ3n) is 4.32. The normalized spacial score (nSPS) is 13.0. The van der Waals surface area contributed by atoms with Gasteiger partial charge in [0, 0.05) is 6.21 Å². The maximum Gasteiger partial charge on any atom is 0.332 e. The van der Waals surface area contributed by atoms with E-state index < -0.39 is 24.0 Å². The topological polar surface area (TPSA) is 95.5 Å². The maximum atomic E-state index is 11.9. The monoisotopic (exact) mass is 454 g/mol. The van der Waals surface area contributed by atoms with E-state index in [0.717, 1.165) is 11.1 Å². The van der Waals surface area contributed by atoms with Gasteiger partial charge in [-0.05, 0) is 37.3 Å². The van der Waals surface area contributed by atoms with Crippen LogP contribution in [0.5, 0.6) is 0 Å². The molecule has 0 unspecified atom stereocenters. The van der Waals surface area contributed by atoms with Gasteiger partial charge < -0.3 is 24.3 Å². The van der Waals surface area contributed by atoms with E-state index in [1.54, 1.807) is 26.1 Å². The summed E-state index contributed by atoms with van der Waals surface area (Å²) in [5.41, 5.74) is 2.00. The zero-order valence-corrected chi connectivity index (χ0v) is 18.9.